The van der Waals surface area contributed by atoms with E-state index >= 15 is 0 Å². The van der Waals surface area contributed by atoms with Crippen LogP contribution in [-0.4, -0.2) is 20.2 Å². The largest absolute Gasteiger partial charge is 0.330 e. The highest BCUT2D eigenvalue weighted by atomic mass is 16.6. The summed E-state index contributed by atoms with van der Waals surface area (Å²) in [6.45, 7) is 1.55. The van der Waals surface area contributed by atoms with E-state index in [9.17, 15) is 0 Å². The molecule has 0 aromatic heterocycles. The molecular weight excluding hydrogens is 118 g/mol. The van der Waals surface area contributed by atoms with Gasteiger partial charge in [0.25, 0.3) is 0 Å². The van der Waals surface area contributed by atoms with Crippen LogP contribution in [0, 0.1) is 0 Å². The molecule has 0 aromatic rings. The first-order chi connectivity index (χ1) is 4.33. The van der Waals surface area contributed by atoms with Crippen LogP contribution in [0.15, 0.2) is 0 Å². The zero-order valence-electron chi connectivity index (χ0n) is 5.97. The van der Waals surface area contributed by atoms with Gasteiger partial charge in [0, 0.05) is 0 Å². The fraction of sp³-hybridized carbons (Fsp3) is 1.00. The summed E-state index contributed by atoms with van der Waals surface area (Å²) in [5.41, 5.74) is 10.3. The molecule has 0 saturated carbocycles. The molecule has 0 bridgehead atoms. The molecule has 0 saturated heterocycles. The lowest BCUT2D eigenvalue weighted by molar-refractivity contribution is 0.206. The Balaban J connectivity index is 0. The van der Waals surface area contributed by atoms with Crippen LogP contribution in [0.5, 0.6) is 0 Å². The second-order valence-corrected chi connectivity index (χ2v) is 1.52. The number of rotatable bonds is 3. The number of hydrogen-bond acceptors (Lipinski definition) is 4. The maximum Gasteiger partial charge on any atom is 0.0569 e. The fourth-order valence-electron chi connectivity index (χ4n) is 0.289. The quantitative estimate of drug-likeness (QED) is 0.349. The molecular formula is C5H17N3O. The Hall–Kier alpha value is -0.160. The van der Waals surface area contributed by atoms with E-state index in [1.807, 2.05) is 0 Å². The second kappa shape index (κ2) is 15.7. The van der Waals surface area contributed by atoms with Crippen LogP contribution in [0.4, 0.5) is 0 Å². The van der Waals surface area contributed by atoms with Gasteiger partial charge in [0.2, 0.25) is 0 Å². The van der Waals surface area contributed by atoms with Crippen molar-refractivity contribution in [2.24, 2.45) is 17.4 Å². The highest BCUT2D eigenvalue weighted by molar-refractivity contribution is 4.38. The average molecular weight is 135 g/mol. The first kappa shape index (κ1) is 11.6. The normalized spacial score (nSPS) is 8.00. The Morgan fingerprint density at radius 2 is 1.33 bits per heavy atom. The van der Waals surface area contributed by atoms with Gasteiger partial charge in [-0.05, 0) is 25.9 Å². The molecule has 0 atom stereocenters. The van der Waals surface area contributed by atoms with Gasteiger partial charge in [-0.25, -0.2) is 5.90 Å². The Morgan fingerprint density at radius 3 is 1.44 bits per heavy atom. The molecule has 0 rings (SSSR count). The van der Waals surface area contributed by atoms with E-state index in [0.717, 1.165) is 25.9 Å². The Bertz CT molecular complexity index is 31.4. The van der Waals surface area contributed by atoms with Crippen LogP contribution >= 0.6 is 0 Å². The van der Waals surface area contributed by atoms with Crippen molar-refractivity contribution < 1.29 is 4.84 Å². The van der Waals surface area contributed by atoms with Gasteiger partial charge in [0.15, 0.2) is 0 Å². The Kier molecular flexibility index (Phi) is 20.2. The molecule has 0 spiro atoms. The van der Waals surface area contributed by atoms with Gasteiger partial charge >= 0.3 is 0 Å². The first-order valence-electron chi connectivity index (χ1n) is 2.96. The third-order valence-electron chi connectivity index (χ3n) is 0.658. The van der Waals surface area contributed by atoms with Crippen LogP contribution < -0.4 is 17.4 Å². The van der Waals surface area contributed by atoms with Crippen molar-refractivity contribution in [1.29, 1.82) is 0 Å². The molecule has 0 fully saturated rings. The molecule has 0 unspecified atom stereocenters. The molecule has 4 heteroatoms. The van der Waals surface area contributed by atoms with Crippen molar-refractivity contribution in [3.8, 4) is 0 Å². The summed E-state index contributed by atoms with van der Waals surface area (Å²) >= 11 is 0. The minimum atomic E-state index is 0.775. The lowest BCUT2D eigenvalue weighted by Crippen LogP contribution is -2.03. The van der Waals surface area contributed by atoms with Gasteiger partial charge in [-0.2, -0.15) is 0 Å². The van der Waals surface area contributed by atoms with Crippen molar-refractivity contribution in [2.75, 3.05) is 20.2 Å². The summed E-state index contributed by atoms with van der Waals surface area (Å²) in [5.74, 6) is 4.35. The molecule has 4 nitrogen and oxygen atoms in total. The highest BCUT2D eigenvalue weighted by Crippen LogP contribution is 1.77. The van der Waals surface area contributed by atoms with E-state index in [2.05, 4.69) is 10.7 Å². The lowest BCUT2D eigenvalue weighted by Gasteiger charge is -1.87. The molecule has 0 radical (unpaired) electrons. The molecule has 0 amide bonds. The molecule has 0 heterocycles. The molecule has 0 aromatic carbocycles. The van der Waals surface area contributed by atoms with E-state index < -0.39 is 0 Å². The first-order valence-corrected chi connectivity index (χ1v) is 2.96. The van der Waals surface area contributed by atoms with E-state index in [4.69, 9.17) is 11.5 Å². The lowest BCUT2D eigenvalue weighted by atomic mass is 10.3. The third-order valence-corrected chi connectivity index (χ3v) is 0.658. The minimum absolute atomic E-state index is 0.775. The zero-order chi connectivity index (χ0) is 7.54. The summed E-state index contributed by atoms with van der Waals surface area (Å²) in [7, 11) is 1.40. The van der Waals surface area contributed by atoms with E-state index in [1.54, 1.807) is 0 Å². The SMILES string of the molecule is CON.NCCCCN. The minimum Gasteiger partial charge on any atom is -0.330 e. The van der Waals surface area contributed by atoms with E-state index in [0.29, 0.717) is 0 Å². The van der Waals surface area contributed by atoms with Crippen LogP contribution in [-0.2, 0) is 4.84 Å². The van der Waals surface area contributed by atoms with Crippen LogP contribution in [0.2, 0.25) is 0 Å². The standard InChI is InChI=1S/C4H12N2.CH5NO/c5-3-1-2-4-6;1-3-2/h1-6H2;2H2,1H3. The van der Waals surface area contributed by atoms with E-state index in [-0.39, 0.29) is 0 Å². The number of unbranched alkanes of at least 4 members (excludes halogenated alkanes) is 1. The second-order valence-electron chi connectivity index (χ2n) is 1.52. The molecule has 0 aliphatic heterocycles. The average Bonchev–Trinajstić information content (AvgIpc) is 1.86. The van der Waals surface area contributed by atoms with Gasteiger partial charge in [0.05, 0.1) is 7.11 Å². The summed E-state index contributed by atoms with van der Waals surface area (Å²) in [5, 5.41) is 0. The van der Waals surface area contributed by atoms with Crippen molar-refractivity contribution in [3.05, 3.63) is 0 Å². The topological polar surface area (TPSA) is 87.3 Å². The maximum atomic E-state index is 5.16. The van der Waals surface area contributed by atoms with Crippen LogP contribution in [0.3, 0.4) is 0 Å². The third kappa shape index (κ3) is 33.2. The van der Waals surface area contributed by atoms with Gasteiger partial charge in [-0.3, -0.25) is 0 Å². The number of hydrogen-bond donors (Lipinski definition) is 3. The van der Waals surface area contributed by atoms with Crippen LogP contribution in [0.1, 0.15) is 12.8 Å². The van der Waals surface area contributed by atoms with Crippen molar-refractivity contribution >= 4 is 0 Å². The smallest absolute Gasteiger partial charge is 0.0569 e. The van der Waals surface area contributed by atoms with E-state index in [1.165, 1.54) is 7.11 Å². The fourth-order valence-corrected chi connectivity index (χ4v) is 0.289. The predicted molar refractivity (Wildman–Crippen MR) is 38.5 cm³/mol. The summed E-state index contributed by atoms with van der Waals surface area (Å²) < 4.78 is 0. The summed E-state index contributed by atoms with van der Waals surface area (Å²) in [4.78, 5) is 3.75. The van der Waals surface area contributed by atoms with Crippen molar-refractivity contribution in [2.45, 2.75) is 12.8 Å². The Morgan fingerprint density at radius 1 is 1.11 bits per heavy atom. The number of nitrogens with two attached hydrogens (primary N) is 3. The van der Waals surface area contributed by atoms with Gasteiger partial charge in [-0.15, -0.1) is 0 Å². The summed E-state index contributed by atoms with van der Waals surface area (Å²) in [6.07, 6.45) is 2.13. The molecule has 9 heavy (non-hydrogen) atoms. The van der Waals surface area contributed by atoms with Gasteiger partial charge < -0.3 is 16.3 Å². The van der Waals surface area contributed by atoms with Gasteiger partial charge in [-0.1, -0.05) is 0 Å². The molecule has 6 N–H and O–H groups in total. The highest BCUT2D eigenvalue weighted by Gasteiger charge is 1.75. The van der Waals surface area contributed by atoms with Crippen LogP contribution in [0.25, 0.3) is 0 Å². The Labute approximate surface area is 56.3 Å². The summed E-state index contributed by atoms with van der Waals surface area (Å²) in [6, 6.07) is 0. The maximum absolute atomic E-state index is 5.16. The van der Waals surface area contributed by atoms with Crippen molar-refractivity contribution in [1.82, 2.24) is 0 Å². The zero-order valence-corrected chi connectivity index (χ0v) is 5.97. The monoisotopic (exact) mass is 135 g/mol. The van der Waals surface area contributed by atoms with Gasteiger partial charge in [0.1, 0.15) is 0 Å². The van der Waals surface area contributed by atoms with Crippen molar-refractivity contribution in [3.63, 3.8) is 0 Å². The molecule has 0 aliphatic rings. The molecule has 58 valence electrons. The predicted octanol–water partition coefficient (Wildman–Crippen LogP) is -0.809. The molecule has 0 aliphatic carbocycles.